The molecular formula is C9H24BrMgNSi2. The SMILES string of the molecule is CC[CH2][Mg][Br].C[Si]1(C)CC[Si](C)(C)N1. The molecule has 0 atom stereocenters. The van der Waals surface area contributed by atoms with Gasteiger partial charge in [0, 0.05) is 0 Å². The van der Waals surface area contributed by atoms with Crippen molar-refractivity contribution >= 4 is 47.5 Å². The lowest BCUT2D eigenvalue weighted by molar-refractivity contribution is 1.08. The van der Waals surface area contributed by atoms with Gasteiger partial charge in [0.25, 0.3) is 0 Å². The van der Waals surface area contributed by atoms with Crippen LogP contribution in [-0.4, -0.2) is 34.7 Å². The summed E-state index contributed by atoms with van der Waals surface area (Å²) in [5, 5.41) is 0. The van der Waals surface area contributed by atoms with E-state index >= 15 is 0 Å². The van der Waals surface area contributed by atoms with Crippen molar-refractivity contribution in [3.8, 4) is 0 Å². The van der Waals surface area contributed by atoms with E-state index in [9.17, 15) is 0 Å². The average Bonchev–Trinajstić information content (AvgIpc) is 2.26. The number of hydrogen-bond donors (Lipinski definition) is 1. The first-order chi connectivity index (χ1) is 6.33. The quantitative estimate of drug-likeness (QED) is 0.765. The lowest BCUT2D eigenvalue weighted by Gasteiger charge is -2.21. The summed E-state index contributed by atoms with van der Waals surface area (Å²) in [6, 6.07) is 3.01. The van der Waals surface area contributed by atoms with E-state index < -0.39 is 16.5 Å². The Balaban J connectivity index is 0.000000292. The molecule has 0 aromatic rings. The van der Waals surface area contributed by atoms with E-state index in [0.717, 1.165) is 0 Å². The average molecular weight is 307 g/mol. The van der Waals surface area contributed by atoms with Crippen LogP contribution in [0.2, 0.25) is 42.8 Å². The summed E-state index contributed by atoms with van der Waals surface area (Å²) < 4.78 is 5.29. The minimum Gasteiger partial charge on any atom is -0.359 e. The van der Waals surface area contributed by atoms with Crippen molar-refractivity contribution in [3.05, 3.63) is 0 Å². The zero-order chi connectivity index (χ0) is 11.2. The molecule has 0 radical (unpaired) electrons. The number of nitrogens with one attached hydrogen (secondary N) is 1. The molecule has 0 aromatic heterocycles. The van der Waals surface area contributed by atoms with Gasteiger partial charge in [0.05, 0.1) is 0 Å². The van der Waals surface area contributed by atoms with Gasteiger partial charge in [-0.25, -0.2) is 0 Å². The van der Waals surface area contributed by atoms with Gasteiger partial charge in [0.1, 0.15) is 16.5 Å². The molecule has 0 aromatic carbocycles. The van der Waals surface area contributed by atoms with Crippen molar-refractivity contribution in [2.45, 2.75) is 56.2 Å². The number of hydrogen-bond acceptors (Lipinski definition) is 1. The molecular weight excluding hydrogens is 282 g/mol. The third kappa shape index (κ3) is 7.87. The fraction of sp³-hybridized carbons (Fsp3) is 1.00. The molecule has 0 spiro atoms. The Kier molecular flexibility index (Phi) is 7.89. The molecule has 1 fully saturated rings. The first-order valence-corrected chi connectivity index (χ1v) is 17.0. The van der Waals surface area contributed by atoms with E-state index in [2.05, 4.69) is 50.6 Å². The summed E-state index contributed by atoms with van der Waals surface area (Å²) in [4.78, 5) is 0. The number of rotatable bonds is 2. The largest absolute Gasteiger partial charge is 0.468 e. The summed E-state index contributed by atoms with van der Waals surface area (Å²) in [5.74, 6) is 0. The van der Waals surface area contributed by atoms with E-state index in [4.69, 9.17) is 0 Å². The topological polar surface area (TPSA) is 12.0 Å². The maximum atomic E-state index is 3.85. The second kappa shape index (κ2) is 7.06. The zero-order valence-corrected chi connectivity index (χ0v) is 15.4. The van der Waals surface area contributed by atoms with Gasteiger partial charge >= 0.3 is 18.2 Å². The van der Waals surface area contributed by atoms with Crippen LogP contribution < -0.4 is 4.65 Å². The third-order valence-electron chi connectivity index (χ3n) is 2.54. The predicted octanol–water partition coefficient (Wildman–Crippen LogP) is 3.83. The Labute approximate surface area is 108 Å². The van der Waals surface area contributed by atoms with Gasteiger partial charge in [0.15, 0.2) is 0 Å². The van der Waals surface area contributed by atoms with Gasteiger partial charge in [-0.1, -0.05) is 39.5 Å². The molecule has 1 aliphatic heterocycles. The highest BCUT2D eigenvalue weighted by Gasteiger charge is 2.38. The highest BCUT2D eigenvalue weighted by Crippen LogP contribution is 2.25. The molecule has 0 aliphatic carbocycles. The maximum absolute atomic E-state index is 3.85. The molecule has 0 saturated carbocycles. The van der Waals surface area contributed by atoms with Gasteiger partial charge in [-0.15, -0.1) is 4.55 Å². The fourth-order valence-electron chi connectivity index (χ4n) is 1.80. The van der Waals surface area contributed by atoms with Crippen molar-refractivity contribution in [2.75, 3.05) is 0 Å². The van der Waals surface area contributed by atoms with Crippen LogP contribution in [-0.2, 0) is 0 Å². The van der Waals surface area contributed by atoms with Gasteiger partial charge < -0.3 is 17.5 Å². The van der Waals surface area contributed by atoms with E-state index in [1.54, 1.807) is 0 Å². The summed E-state index contributed by atoms with van der Waals surface area (Å²) in [7, 11) is -1.73. The van der Waals surface area contributed by atoms with Gasteiger partial charge in [-0.2, -0.15) is 0 Å². The fourth-order valence-corrected chi connectivity index (χ4v) is 17.1. The molecule has 1 aliphatic rings. The summed E-state index contributed by atoms with van der Waals surface area (Å²) in [6.07, 6.45) is 1.36. The van der Waals surface area contributed by atoms with E-state index in [0.29, 0.717) is 0 Å². The van der Waals surface area contributed by atoms with Crippen molar-refractivity contribution in [3.63, 3.8) is 0 Å². The molecule has 82 valence electrons. The molecule has 0 unspecified atom stereocenters. The van der Waals surface area contributed by atoms with Gasteiger partial charge in [0.2, 0.25) is 0 Å². The lowest BCUT2D eigenvalue weighted by Crippen LogP contribution is -2.50. The van der Waals surface area contributed by atoms with Crippen molar-refractivity contribution in [2.24, 2.45) is 0 Å². The van der Waals surface area contributed by atoms with Gasteiger partial charge in [-0.05, 0) is 12.1 Å². The normalized spacial score (nSPS) is 22.1. The monoisotopic (exact) mass is 305 g/mol. The smallest absolute Gasteiger partial charge is 0.359 e. The van der Waals surface area contributed by atoms with E-state index in [1.807, 2.05) is 0 Å². The lowest BCUT2D eigenvalue weighted by atomic mass is 10.6. The highest BCUT2D eigenvalue weighted by molar-refractivity contribution is 9.23. The molecule has 1 N–H and O–H groups in total. The summed E-state index contributed by atoms with van der Waals surface area (Å²) in [5.41, 5.74) is 0. The first-order valence-electron chi connectivity index (χ1n) is 5.68. The third-order valence-corrected chi connectivity index (χ3v) is 14.1. The molecule has 1 nitrogen and oxygen atoms in total. The second-order valence-electron chi connectivity index (χ2n) is 5.44. The highest BCUT2D eigenvalue weighted by atomic mass is 79.9. The van der Waals surface area contributed by atoms with Crippen LogP contribution in [0, 0.1) is 0 Å². The van der Waals surface area contributed by atoms with Crippen LogP contribution in [0.5, 0.6) is 0 Å². The standard InChI is InChI=1S/C6H17NSi2.C3H7.BrH.Mg/c1-8(2)5-6-9(3,4)7-8;1-3-2;;/h7H,5-6H2,1-4H3;1,3H2,2H3;1H;/q;;;+1/p-1. The van der Waals surface area contributed by atoms with Crippen LogP contribution in [0.25, 0.3) is 0 Å². The first kappa shape index (κ1) is 15.6. The maximum Gasteiger partial charge on any atom is 0.468 e. The minimum atomic E-state index is -0.864. The number of halogens is 1. The zero-order valence-electron chi connectivity index (χ0n) is 10.4. The predicted molar refractivity (Wildman–Crippen MR) is 77.5 cm³/mol. The van der Waals surface area contributed by atoms with E-state index in [-0.39, 0.29) is 18.2 Å². The van der Waals surface area contributed by atoms with Crippen LogP contribution in [0.1, 0.15) is 13.3 Å². The second-order valence-corrected chi connectivity index (χ2v) is 18.4. The van der Waals surface area contributed by atoms with Crippen molar-refractivity contribution in [1.29, 1.82) is 0 Å². The Morgan fingerprint density at radius 1 is 1.14 bits per heavy atom. The molecule has 1 rings (SSSR count). The molecule has 1 heterocycles. The Morgan fingerprint density at radius 2 is 1.57 bits per heavy atom. The summed E-state index contributed by atoms with van der Waals surface area (Å²) >= 11 is 3.67. The Bertz CT molecular complexity index is 149. The van der Waals surface area contributed by atoms with Crippen LogP contribution in [0.3, 0.4) is 0 Å². The van der Waals surface area contributed by atoms with Crippen LogP contribution in [0.4, 0.5) is 0 Å². The molecule has 1 saturated heterocycles. The molecule has 0 amide bonds. The van der Waals surface area contributed by atoms with E-state index in [1.165, 1.54) is 23.1 Å². The summed E-state index contributed by atoms with van der Waals surface area (Å²) in [6.45, 7) is 12.0. The van der Waals surface area contributed by atoms with Crippen LogP contribution in [0.15, 0.2) is 0 Å². The minimum absolute atomic E-state index is 0.226. The van der Waals surface area contributed by atoms with Gasteiger partial charge in [-0.3, -0.25) is 0 Å². The van der Waals surface area contributed by atoms with Crippen molar-refractivity contribution < 1.29 is 0 Å². The molecule has 0 bridgehead atoms. The Hall–Kier alpha value is 1.64. The Morgan fingerprint density at radius 3 is 1.64 bits per heavy atom. The molecule has 14 heavy (non-hydrogen) atoms. The van der Waals surface area contributed by atoms with Crippen LogP contribution >= 0.6 is 12.9 Å². The molecule has 5 heteroatoms. The van der Waals surface area contributed by atoms with Crippen molar-refractivity contribution in [1.82, 2.24) is 4.65 Å².